The fourth-order valence-electron chi connectivity index (χ4n) is 6.97. The van der Waals surface area contributed by atoms with Crippen molar-refractivity contribution in [2.24, 2.45) is 5.92 Å². The van der Waals surface area contributed by atoms with Gasteiger partial charge in [0.2, 0.25) is 23.6 Å². The van der Waals surface area contributed by atoms with Crippen molar-refractivity contribution in [1.82, 2.24) is 40.7 Å². The quantitative estimate of drug-likeness (QED) is 0.281. The molecule has 2 fully saturated rings. The van der Waals surface area contributed by atoms with Crippen molar-refractivity contribution in [3.05, 3.63) is 74.3 Å². The molecule has 0 aliphatic carbocycles. The molecule has 5 amide bonds. The third-order valence-electron chi connectivity index (χ3n) is 9.72. The van der Waals surface area contributed by atoms with Gasteiger partial charge in [0, 0.05) is 30.3 Å². The zero-order chi connectivity index (χ0) is 36.5. The smallest absolute Gasteiger partial charge is 0.276 e. The van der Waals surface area contributed by atoms with Crippen LogP contribution in [-0.2, 0) is 20.8 Å². The fraction of sp³-hybridized carbons (Fsp3) is 0.444. The van der Waals surface area contributed by atoms with Crippen LogP contribution in [0.2, 0.25) is 0 Å². The van der Waals surface area contributed by atoms with Gasteiger partial charge in [-0.1, -0.05) is 44.2 Å². The maximum absolute atomic E-state index is 14.3. The van der Waals surface area contributed by atoms with Crippen LogP contribution in [-0.4, -0.2) is 85.5 Å². The number of thiazole rings is 2. The predicted octanol–water partition coefficient (Wildman–Crippen LogP) is 3.90. The monoisotopic (exact) mass is 744 g/mol. The van der Waals surface area contributed by atoms with Crippen molar-refractivity contribution in [3.8, 4) is 11.6 Å². The Hall–Kier alpha value is -4.96. The molecule has 6 bridgehead atoms. The molecule has 1 aromatic carbocycles. The second kappa shape index (κ2) is 14.9. The maximum Gasteiger partial charge on any atom is 0.276 e. The van der Waals surface area contributed by atoms with E-state index in [0.717, 1.165) is 12.0 Å². The Morgan fingerprint density at radius 1 is 0.808 bits per heavy atom. The van der Waals surface area contributed by atoms with Crippen LogP contribution in [0, 0.1) is 5.92 Å². The van der Waals surface area contributed by atoms with Crippen LogP contribution in [0.3, 0.4) is 0 Å². The third-order valence-corrected chi connectivity index (χ3v) is 11.7. The first kappa shape index (κ1) is 35.4. The lowest BCUT2D eigenvalue weighted by atomic mass is 10.0. The Morgan fingerprint density at radius 3 is 2.27 bits per heavy atom. The number of benzene rings is 1. The van der Waals surface area contributed by atoms with Gasteiger partial charge in [0.1, 0.15) is 45.8 Å². The Balaban J connectivity index is 1.23. The van der Waals surface area contributed by atoms with Crippen LogP contribution in [0.15, 0.2) is 51.8 Å². The molecule has 3 N–H and O–H groups in total. The fourth-order valence-corrected chi connectivity index (χ4v) is 8.71. The Labute approximate surface area is 308 Å². The number of nitrogens with zero attached hydrogens (tertiary/aromatic N) is 5. The minimum atomic E-state index is -0.891. The highest BCUT2D eigenvalue weighted by Gasteiger charge is 2.39. The number of carbonyl (C=O) groups is 5. The molecule has 0 unspecified atom stereocenters. The molecule has 52 heavy (non-hydrogen) atoms. The van der Waals surface area contributed by atoms with E-state index in [9.17, 15) is 24.0 Å². The summed E-state index contributed by atoms with van der Waals surface area (Å²) >= 11 is 2.59. The first-order valence-corrected chi connectivity index (χ1v) is 19.3. The summed E-state index contributed by atoms with van der Waals surface area (Å²) in [4.78, 5) is 85.8. The highest BCUT2D eigenvalue weighted by atomic mass is 32.1. The lowest BCUT2D eigenvalue weighted by molar-refractivity contribution is -0.134. The van der Waals surface area contributed by atoms with E-state index in [-0.39, 0.29) is 41.6 Å². The van der Waals surface area contributed by atoms with Gasteiger partial charge < -0.3 is 30.2 Å². The lowest BCUT2D eigenvalue weighted by Gasteiger charge is -2.28. The van der Waals surface area contributed by atoms with Crippen LogP contribution >= 0.6 is 22.7 Å². The number of amides is 5. The van der Waals surface area contributed by atoms with Crippen LogP contribution in [0.25, 0.3) is 11.6 Å². The number of oxazole rings is 1. The molecule has 0 radical (unpaired) electrons. The predicted molar refractivity (Wildman–Crippen MR) is 192 cm³/mol. The molecule has 3 aliphatic rings. The summed E-state index contributed by atoms with van der Waals surface area (Å²) in [6, 6.07) is 6.04. The molecule has 3 aromatic heterocycles. The number of rotatable bonds is 3. The van der Waals surface area contributed by atoms with E-state index < -0.39 is 47.8 Å². The number of fused-ring (bicyclic) bond motifs is 10. The summed E-state index contributed by atoms with van der Waals surface area (Å²) < 4.78 is 5.72. The van der Waals surface area contributed by atoms with Crippen LogP contribution in [0.1, 0.15) is 95.1 Å². The third kappa shape index (κ3) is 7.21. The van der Waals surface area contributed by atoms with Gasteiger partial charge >= 0.3 is 0 Å². The first-order valence-electron chi connectivity index (χ1n) is 17.5. The van der Waals surface area contributed by atoms with E-state index in [4.69, 9.17) is 9.40 Å². The van der Waals surface area contributed by atoms with Gasteiger partial charge in [-0.05, 0) is 44.1 Å². The maximum atomic E-state index is 14.3. The SMILES string of the molecule is CC(C)[C@@H]1NC(=O)[C@@H]2CCCN2C(=O)c2coc(n2)-c2csc(n2)[C@@H]2CCCN2C(=O)[C@H](Cc2ccccc2)NC(=O)c2csc(n2)[C@H](C)NC1=O. The number of carbonyl (C=O) groups excluding carboxylic acids is 5. The molecule has 16 heteroatoms. The molecule has 3 aliphatic heterocycles. The molecule has 5 atom stereocenters. The van der Waals surface area contributed by atoms with Crippen molar-refractivity contribution in [2.45, 2.75) is 83.1 Å². The molecular formula is C36H40N8O6S2. The standard InChI is InChI=1S/C36H40N8O6S2/c1-19(2)28-31(47)37-20(3)33-40-24(17-51-33)29(45)38-22(15-21-9-5-4-6-10-21)35(48)44-14-8-12-27(44)34-41-25(18-52-34)32-39-23(16-50-32)36(49)43-13-7-11-26(43)30(46)42-28/h4-6,9-10,16-20,22,26-28H,7-8,11-15H2,1-3H3,(H,37,47)(H,38,45)(H,42,46)/t20-,22-,26-,27-,28-/m0/s1. The van der Waals surface area contributed by atoms with Gasteiger partial charge in [-0.25, -0.2) is 15.0 Å². The minimum Gasteiger partial charge on any atom is -0.442 e. The van der Waals surface area contributed by atoms with Gasteiger partial charge in [0.15, 0.2) is 5.69 Å². The molecule has 0 saturated carbocycles. The zero-order valence-electron chi connectivity index (χ0n) is 29.0. The topological polar surface area (TPSA) is 180 Å². The molecule has 7 rings (SSSR count). The van der Waals surface area contributed by atoms with Crippen LogP contribution in [0.5, 0.6) is 0 Å². The number of hydrogen-bond acceptors (Lipinski definition) is 11. The molecule has 14 nitrogen and oxygen atoms in total. The van der Waals surface area contributed by atoms with Gasteiger partial charge in [0.05, 0.1) is 12.1 Å². The van der Waals surface area contributed by atoms with Crippen molar-refractivity contribution in [1.29, 1.82) is 0 Å². The van der Waals surface area contributed by atoms with Crippen molar-refractivity contribution in [3.63, 3.8) is 0 Å². The highest BCUT2D eigenvalue weighted by molar-refractivity contribution is 7.10. The van der Waals surface area contributed by atoms with Gasteiger partial charge in [-0.3, -0.25) is 24.0 Å². The summed E-state index contributed by atoms with van der Waals surface area (Å²) in [6.45, 7) is 6.26. The largest absolute Gasteiger partial charge is 0.442 e. The Kier molecular flexibility index (Phi) is 10.2. The van der Waals surface area contributed by atoms with Crippen molar-refractivity contribution >= 4 is 52.2 Å². The summed E-state index contributed by atoms with van der Waals surface area (Å²) in [5.41, 5.74) is 1.50. The lowest BCUT2D eigenvalue weighted by Crippen LogP contribution is -2.55. The van der Waals surface area contributed by atoms with E-state index >= 15 is 0 Å². The minimum absolute atomic E-state index is 0.0469. The average Bonchev–Trinajstić information content (AvgIpc) is 3.98. The van der Waals surface area contributed by atoms with E-state index in [1.165, 1.54) is 33.8 Å². The van der Waals surface area contributed by atoms with Crippen molar-refractivity contribution < 1.29 is 28.4 Å². The highest BCUT2D eigenvalue weighted by Crippen LogP contribution is 2.36. The second-order valence-corrected chi connectivity index (χ2v) is 15.5. The number of hydrogen-bond donors (Lipinski definition) is 3. The van der Waals surface area contributed by atoms with Crippen LogP contribution in [0.4, 0.5) is 0 Å². The molecular weight excluding hydrogens is 705 g/mol. The molecule has 0 spiro atoms. The molecule has 6 heterocycles. The summed E-state index contributed by atoms with van der Waals surface area (Å²) in [5.74, 6) is -2.14. The molecule has 272 valence electrons. The first-order chi connectivity index (χ1) is 25.1. The zero-order valence-corrected chi connectivity index (χ0v) is 30.7. The van der Waals surface area contributed by atoms with Crippen molar-refractivity contribution in [2.75, 3.05) is 13.1 Å². The summed E-state index contributed by atoms with van der Waals surface area (Å²) in [6.07, 6.45) is 4.04. The van der Waals surface area contributed by atoms with Gasteiger partial charge in [0.25, 0.3) is 11.8 Å². The van der Waals surface area contributed by atoms with Crippen LogP contribution < -0.4 is 16.0 Å². The van der Waals surface area contributed by atoms with E-state index in [1.54, 1.807) is 22.6 Å². The number of aromatic nitrogens is 3. The summed E-state index contributed by atoms with van der Waals surface area (Å²) in [5, 5.41) is 13.3. The van der Waals surface area contributed by atoms with Gasteiger partial charge in [-0.2, -0.15) is 0 Å². The Morgan fingerprint density at radius 2 is 1.50 bits per heavy atom. The normalized spacial score (nSPS) is 24.6. The Bertz CT molecular complexity index is 1970. The summed E-state index contributed by atoms with van der Waals surface area (Å²) in [7, 11) is 0. The molecule has 4 aromatic rings. The van der Waals surface area contributed by atoms with E-state index in [0.29, 0.717) is 48.1 Å². The number of nitrogens with one attached hydrogen (secondary N) is 3. The van der Waals surface area contributed by atoms with E-state index in [1.807, 2.05) is 44.2 Å². The molecule has 2 saturated heterocycles. The van der Waals surface area contributed by atoms with E-state index in [2.05, 4.69) is 25.9 Å². The second-order valence-electron chi connectivity index (χ2n) is 13.7. The average molecular weight is 745 g/mol. The van der Waals surface area contributed by atoms with Gasteiger partial charge in [-0.15, -0.1) is 22.7 Å².